The van der Waals surface area contributed by atoms with Crippen LogP contribution in [0.5, 0.6) is 5.75 Å². The van der Waals surface area contributed by atoms with E-state index in [0.717, 1.165) is 35.8 Å². The van der Waals surface area contributed by atoms with E-state index in [0.29, 0.717) is 18.3 Å². The molecule has 0 radical (unpaired) electrons. The Labute approximate surface area is 152 Å². The molecule has 9 heteroatoms. The third-order valence-electron chi connectivity index (χ3n) is 4.40. The van der Waals surface area contributed by atoms with Crippen LogP contribution in [0.1, 0.15) is 24.7 Å². The topological polar surface area (TPSA) is 82.2 Å². The van der Waals surface area contributed by atoms with Gasteiger partial charge >= 0.3 is 12.3 Å². The number of anilines is 1. The van der Waals surface area contributed by atoms with E-state index in [-0.39, 0.29) is 0 Å². The lowest BCUT2D eigenvalue weighted by molar-refractivity contribution is -0.386. The number of imidazole rings is 1. The predicted molar refractivity (Wildman–Crippen MR) is 95.1 cm³/mol. The first-order valence-corrected chi connectivity index (χ1v) is 8.46. The van der Waals surface area contributed by atoms with Crippen LogP contribution in [0.25, 0.3) is 11.0 Å². The summed E-state index contributed by atoms with van der Waals surface area (Å²) in [5.41, 5.74) is 1.88. The number of nitrogens with one attached hydrogen (secondary N) is 1. The third-order valence-corrected chi connectivity index (χ3v) is 4.40. The van der Waals surface area contributed by atoms with Gasteiger partial charge in [0.2, 0.25) is 5.75 Å². The molecule has 7 nitrogen and oxygen atoms in total. The number of ether oxygens (including phenoxy) is 1. The molecule has 1 saturated carbocycles. The van der Waals surface area contributed by atoms with E-state index in [1.807, 2.05) is 24.3 Å². The van der Waals surface area contributed by atoms with Crippen molar-refractivity contribution in [3.05, 3.63) is 58.4 Å². The number of benzene rings is 2. The van der Waals surface area contributed by atoms with E-state index in [9.17, 15) is 18.9 Å². The van der Waals surface area contributed by atoms with Gasteiger partial charge in [0.1, 0.15) is 5.82 Å². The van der Waals surface area contributed by atoms with Crippen LogP contribution in [0.15, 0.2) is 42.5 Å². The molecule has 0 spiro atoms. The lowest BCUT2D eigenvalue weighted by Crippen LogP contribution is -2.09. The fourth-order valence-corrected chi connectivity index (χ4v) is 3.11. The molecular weight excluding hydrogens is 358 g/mol. The summed E-state index contributed by atoms with van der Waals surface area (Å²) in [5.74, 6) is 0.351. The first-order valence-electron chi connectivity index (χ1n) is 8.46. The van der Waals surface area contributed by atoms with E-state index in [4.69, 9.17) is 0 Å². The van der Waals surface area contributed by atoms with E-state index in [1.54, 1.807) is 0 Å². The van der Waals surface area contributed by atoms with Crippen LogP contribution in [0.4, 0.5) is 20.2 Å². The molecule has 0 aliphatic heterocycles. The molecule has 0 unspecified atom stereocenters. The highest BCUT2D eigenvalue weighted by atomic mass is 19.3. The normalized spacial score (nSPS) is 13.9. The summed E-state index contributed by atoms with van der Waals surface area (Å²) in [6.07, 6.45) is 2.19. The van der Waals surface area contributed by atoms with Crippen LogP contribution in [0, 0.1) is 10.1 Å². The summed E-state index contributed by atoms with van der Waals surface area (Å²) in [6.45, 7) is -2.78. The Morgan fingerprint density at radius 3 is 2.78 bits per heavy atom. The minimum absolute atomic E-state index is 0.358. The average molecular weight is 374 g/mol. The Hall–Kier alpha value is -3.23. The number of aromatic nitrogens is 2. The Balaban J connectivity index is 1.59. The van der Waals surface area contributed by atoms with Crippen molar-refractivity contribution in [1.29, 1.82) is 0 Å². The molecule has 0 amide bonds. The number of fused-ring (bicyclic) bond motifs is 1. The van der Waals surface area contributed by atoms with Gasteiger partial charge in [0.15, 0.2) is 0 Å². The zero-order valence-corrected chi connectivity index (χ0v) is 14.1. The van der Waals surface area contributed by atoms with E-state index >= 15 is 0 Å². The monoisotopic (exact) mass is 374 g/mol. The highest BCUT2D eigenvalue weighted by Gasteiger charge is 2.28. The molecule has 1 heterocycles. The highest BCUT2D eigenvalue weighted by molar-refractivity contribution is 5.76. The SMILES string of the molecule is O=[N+]([O-])c1ccc(NCc2nc3ccccc3n2C2CC2)cc1OC(F)F. The van der Waals surface area contributed by atoms with E-state index in [2.05, 4.69) is 19.6 Å². The summed E-state index contributed by atoms with van der Waals surface area (Å²) in [4.78, 5) is 14.9. The van der Waals surface area contributed by atoms with Crippen LogP contribution < -0.4 is 10.1 Å². The molecule has 2 aromatic carbocycles. The summed E-state index contributed by atoms with van der Waals surface area (Å²) in [7, 11) is 0. The molecule has 4 rings (SSSR count). The minimum atomic E-state index is -3.14. The fourth-order valence-electron chi connectivity index (χ4n) is 3.11. The van der Waals surface area contributed by atoms with Crippen molar-refractivity contribution in [1.82, 2.24) is 9.55 Å². The van der Waals surface area contributed by atoms with Gasteiger partial charge in [-0.05, 0) is 31.0 Å². The molecule has 140 valence electrons. The Morgan fingerprint density at radius 2 is 2.07 bits per heavy atom. The highest BCUT2D eigenvalue weighted by Crippen LogP contribution is 2.39. The number of rotatable bonds is 7. The quantitative estimate of drug-likeness (QED) is 0.487. The van der Waals surface area contributed by atoms with Gasteiger partial charge < -0.3 is 14.6 Å². The zero-order valence-electron chi connectivity index (χ0n) is 14.1. The summed E-state index contributed by atoms with van der Waals surface area (Å²) in [6, 6.07) is 12.1. The molecule has 1 fully saturated rings. The van der Waals surface area contributed by atoms with Gasteiger partial charge in [-0.3, -0.25) is 10.1 Å². The number of halogens is 2. The molecule has 1 N–H and O–H groups in total. The second kappa shape index (κ2) is 6.82. The predicted octanol–water partition coefficient (Wildman–Crippen LogP) is 4.49. The van der Waals surface area contributed by atoms with Crippen molar-refractivity contribution in [2.45, 2.75) is 32.0 Å². The molecule has 27 heavy (non-hydrogen) atoms. The number of hydrogen-bond donors (Lipinski definition) is 1. The Kier molecular flexibility index (Phi) is 4.35. The number of nitro groups is 1. The number of para-hydroxylation sites is 2. The Morgan fingerprint density at radius 1 is 1.30 bits per heavy atom. The smallest absolute Gasteiger partial charge is 0.387 e. The molecule has 1 aromatic heterocycles. The first-order chi connectivity index (χ1) is 13.0. The second-order valence-electron chi connectivity index (χ2n) is 6.29. The summed E-state index contributed by atoms with van der Waals surface area (Å²) in [5, 5.41) is 14.1. The van der Waals surface area contributed by atoms with Crippen LogP contribution >= 0.6 is 0 Å². The van der Waals surface area contributed by atoms with Crippen molar-refractivity contribution < 1.29 is 18.4 Å². The van der Waals surface area contributed by atoms with Crippen molar-refractivity contribution >= 4 is 22.4 Å². The maximum atomic E-state index is 12.5. The first kappa shape index (κ1) is 17.2. The third kappa shape index (κ3) is 3.53. The number of nitro benzene ring substituents is 1. The van der Waals surface area contributed by atoms with Crippen molar-refractivity contribution in [3.63, 3.8) is 0 Å². The van der Waals surface area contributed by atoms with Crippen LogP contribution in [0.2, 0.25) is 0 Å². The second-order valence-corrected chi connectivity index (χ2v) is 6.29. The van der Waals surface area contributed by atoms with E-state index in [1.165, 1.54) is 12.1 Å². The number of nitrogens with zero attached hydrogens (tertiary/aromatic N) is 3. The van der Waals surface area contributed by atoms with Gasteiger partial charge in [-0.1, -0.05) is 12.1 Å². The largest absolute Gasteiger partial charge is 0.427 e. The fraction of sp³-hybridized carbons (Fsp3) is 0.278. The van der Waals surface area contributed by atoms with Crippen molar-refractivity contribution in [2.75, 3.05) is 5.32 Å². The zero-order chi connectivity index (χ0) is 19.0. The van der Waals surface area contributed by atoms with Gasteiger partial charge in [0, 0.05) is 23.9 Å². The number of alkyl halides is 2. The van der Waals surface area contributed by atoms with Gasteiger partial charge in [0.25, 0.3) is 0 Å². The lowest BCUT2D eigenvalue weighted by Gasteiger charge is -2.11. The summed E-state index contributed by atoms with van der Waals surface area (Å²) < 4.78 is 31.5. The van der Waals surface area contributed by atoms with Crippen molar-refractivity contribution in [2.24, 2.45) is 0 Å². The minimum Gasteiger partial charge on any atom is -0.427 e. The van der Waals surface area contributed by atoms with Crippen LogP contribution in [-0.4, -0.2) is 21.1 Å². The average Bonchev–Trinajstić information content (AvgIpc) is 3.39. The molecule has 0 saturated heterocycles. The van der Waals surface area contributed by atoms with Gasteiger partial charge in [0.05, 0.1) is 22.5 Å². The van der Waals surface area contributed by atoms with Gasteiger partial charge in [-0.15, -0.1) is 0 Å². The van der Waals surface area contributed by atoms with E-state index < -0.39 is 23.0 Å². The van der Waals surface area contributed by atoms with Crippen molar-refractivity contribution in [3.8, 4) is 5.75 Å². The molecular formula is C18H16F2N4O3. The molecule has 1 aliphatic rings. The molecule has 3 aromatic rings. The van der Waals surface area contributed by atoms with Gasteiger partial charge in [-0.2, -0.15) is 8.78 Å². The molecule has 0 bridgehead atoms. The molecule has 1 aliphatic carbocycles. The maximum absolute atomic E-state index is 12.5. The molecule has 0 atom stereocenters. The van der Waals surface area contributed by atoms with Crippen LogP contribution in [0.3, 0.4) is 0 Å². The van der Waals surface area contributed by atoms with Crippen LogP contribution in [-0.2, 0) is 6.54 Å². The summed E-state index contributed by atoms with van der Waals surface area (Å²) >= 11 is 0. The van der Waals surface area contributed by atoms with Gasteiger partial charge in [-0.25, -0.2) is 4.98 Å². The lowest BCUT2D eigenvalue weighted by atomic mass is 10.2. The number of hydrogen-bond acceptors (Lipinski definition) is 5. The standard InChI is InChI=1S/C18H16F2N4O3/c19-18(20)27-16-9-11(5-8-15(16)24(25)26)21-10-17-22-13-3-1-2-4-14(13)23(17)12-6-7-12/h1-5,8-9,12,18,21H,6-7,10H2. The Bertz CT molecular complexity index is 1000. The maximum Gasteiger partial charge on any atom is 0.387 e.